The first-order valence-corrected chi connectivity index (χ1v) is 7.50. The van der Waals surface area contributed by atoms with Crippen molar-refractivity contribution in [3.05, 3.63) is 0 Å². The summed E-state index contributed by atoms with van der Waals surface area (Å²) in [5, 5.41) is 3.36. The summed E-state index contributed by atoms with van der Waals surface area (Å²) in [4.78, 5) is 14.5. The van der Waals surface area contributed by atoms with E-state index in [1.54, 1.807) is 0 Å². The van der Waals surface area contributed by atoms with Crippen LogP contribution in [0.3, 0.4) is 0 Å². The monoisotopic (exact) mass is 270 g/mol. The first kappa shape index (κ1) is 16.4. The van der Waals surface area contributed by atoms with E-state index in [1.165, 1.54) is 26.4 Å². The second-order valence-electron chi connectivity index (χ2n) is 6.05. The summed E-state index contributed by atoms with van der Waals surface area (Å²) in [5.41, 5.74) is -0.581. The molecule has 112 valence electrons. The molecule has 2 atom stereocenters. The van der Waals surface area contributed by atoms with Gasteiger partial charge in [0.2, 0.25) is 0 Å². The zero-order chi connectivity index (χ0) is 14.5. The predicted molar refractivity (Wildman–Crippen MR) is 78.2 cm³/mol. The Morgan fingerprint density at radius 3 is 2.58 bits per heavy atom. The molecule has 2 unspecified atom stereocenters. The van der Waals surface area contributed by atoms with Crippen LogP contribution in [0.25, 0.3) is 0 Å². The number of carbonyl (C=O) groups is 1. The van der Waals surface area contributed by atoms with E-state index in [0.717, 1.165) is 19.4 Å². The molecule has 1 fully saturated rings. The molecule has 1 aliphatic rings. The smallest absolute Gasteiger partial charge is 0.325 e. The lowest BCUT2D eigenvalue weighted by Crippen LogP contribution is -2.55. The van der Waals surface area contributed by atoms with Gasteiger partial charge in [0.15, 0.2) is 0 Å². The van der Waals surface area contributed by atoms with Gasteiger partial charge in [0.1, 0.15) is 5.54 Å². The molecule has 1 N–H and O–H groups in total. The highest BCUT2D eigenvalue weighted by Gasteiger charge is 2.37. The van der Waals surface area contributed by atoms with Crippen LogP contribution in [0.2, 0.25) is 0 Å². The van der Waals surface area contributed by atoms with Gasteiger partial charge in [0.05, 0.1) is 7.11 Å². The van der Waals surface area contributed by atoms with Gasteiger partial charge in [-0.3, -0.25) is 4.79 Å². The highest BCUT2D eigenvalue weighted by atomic mass is 16.5. The highest BCUT2D eigenvalue weighted by Crippen LogP contribution is 2.27. The molecule has 1 rings (SSSR count). The Balaban J connectivity index is 2.61. The van der Waals surface area contributed by atoms with Crippen LogP contribution in [0.4, 0.5) is 0 Å². The summed E-state index contributed by atoms with van der Waals surface area (Å²) in [5.74, 6) is -0.158. The molecule has 4 heteroatoms. The zero-order valence-corrected chi connectivity index (χ0v) is 13.2. The lowest BCUT2D eigenvalue weighted by molar-refractivity contribution is -0.149. The third-order valence-electron chi connectivity index (χ3n) is 4.45. The van der Waals surface area contributed by atoms with Crippen molar-refractivity contribution >= 4 is 5.97 Å². The topological polar surface area (TPSA) is 41.6 Å². The SMILES string of the molecule is CCCNC(C)(CC(C)N(C)C1CCC1)C(=O)OC. The van der Waals surface area contributed by atoms with Crippen molar-refractivity contribution in [1.29, 1.82) is 0 Å². The van der Waals surface area contributed by atoms with E-state index in [2.05, 4.69) is 31.1 Å². The van der Waals surface area contributed by atoms with E-state index in [0.29, 0.717) is 12.1 Å². The molecule has 0 aromatic rings. The largest absolute Gasteiger partial charge is 0.468 e. The molecule has 1 aliphatic carbocycles. The Morgan fingerprint density at radius 1 is 1.53 bits per heavy atom. The molecule has 0 aromatic heterocycles. The molecule has 19 heavy (non-hydrogen) atoms. The highest BCUT2D eigenvalue weighted by molar-refractivity contribution is 5.80. The van der Waals surface area contributed by atoms with Gasteiger partial charge in [-0.05, 0) is 53.1 Å². The number of carbonyl (C=O) groups excluding carboxylic acids is 1. The van der Waals surface area contributed by atoms with Crippen molar-refractivity contribution in [2.24, 2.45) is 0 Å². The molecule has 4 nitrogen and oxygen atoms in total. The fraction of sp³-hybridized carbons (Fsp3) is 0.933. The van der Waals surface area contributed by atoms with Gasteiger partial charge >= 0.3 is 5.97 Å². The normalized spacial score (nSPS) is 20.7. The average molecular weight is 270 g/mol. The van der Waals surface area contributed by atoms with Gasteiger partial charge in [0, 0.05) is 12.1 Å². The fourth-order valence-corrected chi connectivity index (χ4v) is 2.74. The minimum Gasteiger partial charge on any atom is -0.468 e. The molecular formula is C15H30N2O2. The van der Waals surface area contributed by atoms with Gasteiger partial charge in [-0.2, -0.15) is 0 Å². The van der Waals surface area contributed by atoms with Gasteiger partial charge in [0.25, 0.3) is 0 Å². The summed E-state index contributed by atoms with van der Waals surface area (Å²) in [6, 6.07) is 1.07. The maximum absolute atomic E-state index is 12.0. The Morgan fingerprint density at radius 2 is 2.16 bits per heavy atom. The third-order valence-corrected chi connectivity index (χ3v) is 4.45. The lowest BCUT2D eigenvalue weighted by Gasteiger charge is -2.41. The molecule has 0 aliphatic heterocycles. The summed E-state index contributed by atoms with van der Waals surface area (Å²) in [6.07, 6.45) is 5.71. The van der Waals surface area contributed by atoms with Crippen LogP contribution in [0, 0.1) is 0 Å². The van der Waals surface area contributed by atoms with Crippen molar-refractivity contribution in [3.8, 4) is 0 Å². The Hall–Kier alpha value is -0.610. The molecule has 0 bridgehead atoms. The van der Waals surface area contributed by atoms with E-state index in [9.17, 15) is 4.79 Å². The second-order valence-corrected chi connectivity index (χ2v) is 6.05. The number of nitrogens with zero attached hydrogens (tertiary/aromatic N) is 1. The number of nitrogens with one attached hydrogen (secondary N) is 1. The number of hydrogen-bond donors (Lipinski definition) is 1. The maximum atomic E-state index is 12.0. The van der Waals surface area contributed by atoms with Gasteiger partial charge in [-0.1, -0.05) is 13.3 Å². The van der Waals surface area contributed by atoms with E-state index < -0.39 is 5.54 Å². The number of rotatable bonds is 8. The predicted octanol–water partition coefficient (Wildman–Crippen LogP) is 2.18. The number of methoxy groups -OCH3 is 1. The standard InChI is InChI=1S/C15H30N2O2/c1-6-10-16-15(3,14(18)19-5)11-12(2)17(4)13-8-7-9-13/h12-13,16H,6-11H2,1-5H3. The van der Waals surface area contributed by atoms with Crippen molar-refractivity contribution < 1.29 is 9.53 Å². The summed E-state index contributed by atoms with van der Waals surface area (Å²) >= 11 is 0. The van der Waals surface area contributed by atoms with Crippen LogP contribution in [0.1, 0.15) is 52.9 Å². The first-order valence-electron chi connectivity index (χ1n) is 7.50. The minimum atomic E-state index is -0.581. The summed E-state index contributed by atoms with van der Waals surface area (Å²) in [6.45, 7) is 7.10. The quantitative estimate of drug-likeness (QED) is 0.686. The van der Waals surface area contributed by atoms with Crippen LogP contribution >= 0.6 is 0 Å². The number of ether oxygens (including phenoxy) is 1. The summed E-state index contributed by atoms with van der Waals surface area (Å²) < 4.78 is 4.97. The fourth-order valence-electron chi connectivity index (χ4n) is 2.74. The van der Waals surface area contributed by atoms with Crippen LogP contribution in [-0.2, 0) is 9.53 Å². The van der Waals surface area contributed by atoms with Crippen molar-refractivity contribution in [3.63, 3.8) is 0 Å². The Labute approximate surface area is 117 Å². The minimum absolute atomic E-state index is 0.158. The van der Waals surface area contributed by atoms with E-state index in [-0.39, 0.29) is 5.97 Å². The van der Waals surface area contributed by atoms with Crippen molar-refractivity contribution in [2.45, 2.75) is 70.5 Å². The summed E-state index contributed by atoms with van der Waals surface area (Å²) in [7, 11) is 3.64. The molecule has 0 heterocycles. The molecule has 0 spiro atoms. The molecule has 0 aromatic carbocycles. The lowest BCUT2D eigenvalue weighted by atomic mass is 9.87. The van der Waals surface area contributed by atoms with Crippen LogP contribution in [0.5, 0.6) is 0 Å². The molecule has 0 amide bonds. The van der Waals surface area contributed by atoms with E-state index >= 15 is 0 Å². The van der Waals surface area contributed by atoms with Crippen molar-refractivity contribution in [2.75, 3.05) is 20.7 Å². The van der Waals surface area contributed by atoms with Crippen LogP contribution in [0.15, 0.2) is 0 Å². The van der Waals surface area contributed by atoms with Crippen LogP contribution < -0.4 is 5.32 Å². The average Bonchev–Trinajstić information content (AvgIpc) is 2.33. The maximum Gasteiger partial charge on any atom is 0.325 e. The first-order chi connectivity index (χ1) is 8.94. The van der Waals surface area contributed by atoms with Gasteiger partial charge in [-0.25, -0.2) is 0 Å². The second kappa shape index (κ2) is 7.25. The Kier molecular flexibility index (Phi) is 6.27. The zero-order valence-electron chi connectivity index (χ0n) is 13.2. The molecule has 0 radical (unpaired) electrons. The van der Waals surface area contributed by atoms with Crippen LogP contribution in [-0.4, -0.2) is 49.2 Å². The Bertz CT molecular complexity index is 292. The third kappa shape index (κ3) is 4.18. The van der Waals surface area contributed by atoms with Gasteiger partial charge in [-0.15, -0.1) is 0 Å². The van der Waals surface area contributed by atoms with Gasteiger partial charge < -0.3 is 15.0 Å². The number of hydrogen-bond acceptors (Lipinski definition) is 4. The molecular weight excluding hydrogens is 240 g/mol. The molecule has 0 saturated heterocycles. The molecule has 1 saturated carbocycles. The van der Waals surface area contributed by atoms with Crippen molar-refractivity contribution in [1.82, 2.24) is 10.2 Å². The van der Waals surface area contributed by atoms with E-state index in [1.807, 2.05) is 6.92 Å². The van der Waals surface area contributed by atoms with E-state index in [4.69, 9.17) is 4.74 Å². The number of esters is 1.